The number of hydrogen-bond donors (Lipinski definition) is 1. The number of methoxy groups -OCH3 is 1. The molecule has 4 rings (SSSR count). The molecule has 0 saturated heterocycles. The smallest absolute Gasteiger partial charge is 0.257 e. The third-order valence-electron chi connectivity index (χ3n) is 5.85. The van der Waals surface area contributed by atoms with Crippen LogP contribution in [0.3, 0.4) is 0 Å². The first kappa shape index (κ1) is 22.4. The summed E-state index contributed by atoms with van der Waals surface area (Å²) < 4.78 is 17.7. The van der Waals surface area contributed by atoms with Gasteiger partial charge in [0.1, 0.15) is 11.3 Å². The zero-order valence-electron chi connectivity index (χ0n) is 18.6. The number of fused-ring (bicyclic) bond motifs is 2. The van der Waals surface area contributed by atoms with Crippen LogP contribution in [0.1, 0.15) is 34.5 Å². The van der Waals surface area contributed by atoms with Crippen LogP contribution in [-0.2, 0) is 24.3 Å². The Morgan fingerprint density at radius 3 is 2.79 bits per heavy atom. The molecule has 9 heteroatoms. The highest BCUT2D eigenvalue weighted by Gasteiger charge is 2.26. The van der Waals surface area contributed by atoms with Crippen LogP contribution < -0.4 is 25.1 Å². The van der Waals surface area contributed by atoms with Crippen molar-refractivity contribution in [2.45, 2.75) is 32.4 Å². The molecule has 3 heterocycles. The van der Waals surface area contributed by atoms with E-state index in [1.165, 1.54) is 13.2 Å². The van der Waals surface area contributed by atoms with E-state index >= 15 is 0 Å². The van der Waals surface area contributed by atoms with E-state index in [1.54, 1.807) is 21.6 Å². The van der Waals surface area contributed by atoms with E-state index in [2.05, 4.69) is 11.9 Å². The lowest BCUT2D eigenvalue weighted by atomic mass is 10.1. The number of rotatable bonds is 7. The fourth-order valence-corrected chi connectivity index (χ4v) is 4.11. The number of allylic oxidation sites excluding steroid dienone is 1. The summed E-state index contributed by atoms with van der Waals surface area (Å²) in [4.78, 5) is 40.2. The maximum Gasteiger partial charge on any atom is 0.257 e. The molecule has 2 aromatic rings. The molecule has 2 aliphatic heterocycles. The standard InChI is InChI=1S/C24H27N3O6/c1-3-4-5-21(28)26-9-8-17-23(20(31-2)13-22(29)27(17)11-10-26)24(30)25-14-16-6-7-18-19(12-16)33-15-32-18/h3,6-7,12-13H,1,4-5,8-11,14-15H2,2H3,(H,25,30). The average Bonchev–Trinajstić information content (AvgIpc) is 3.17. The number of carbonyl (C=O) groups is 2. The molecule has 0 unspecified atom stereocenters. The normalized spacial score (nSPS) is 14.3. The summed E-state index contributed by atoms with van der Waals surface area (Å²) in [5.74, 6) is 1.20. The van der Waals surface area contributed by atoms with Crippen molar-refractivity contribution in [3.8, 4) is 17.2 Å². The van der Waals surface area contributed by atoms with E-state index in [0.717, 1.165) is 5.56 Å². The predicted molar refractivity (Wildman–Crippen MR) is 121 cm³/mol. The van der Waals surface area contributed by atoms with Crippen LogP contribution in [0.25, 0.3) is 0 Å². The van der Waals surface area contributed by atoms with Crippen molar-refractivity contribution >= 4 is 11.8 Å². The number of nitrogens with one attached hydrogen (secondary N) is 1. The summed E-state index contributed by atoms with van der Waals surface area (Å²) in [7, 11) is 1.43. The number of hydrogen-bond acceptors (Lipinski definition) is 6. The van der Waals surface area contributed by atoms with Gasteiger partial charge in [0.15, 0.2) is 11.5 Å². The Bertz CT molecular complexity index is 1140. The fraction of sp³-hybridized carbons (Fsp3) is 0.375. The molecule has 1 aromatic carbocycles. The Balaban J connectivity index is 1.56. The number of nitrogens with zero attached hydrogens (tertiary/aromatic N) is 2. The van der Waals surface area contributed by atoms with Crippen LogP contribution in [0.4, 0.5) is 0 Å². The Labute approximate surface area is 191 Å². The lowest BCUT2D eigenvalue weighted by Gasteiger charge is -2.19. The Morgan fingerprint density at radius 2 is 2.00 bits per heavy atom. The second-order valence-electron chi connectivity index (χ2n) is 7.85. The first-order valence-electron chi connectivity index (χ1n) is 10.9. The molecule has 1 N–H and O–H groups in total. The van der Waals surface area contributed by atoms with Gasteiger partial charge in [-0.1, -0.05) is 12.1 Å². The Kier molecular flexibility index (Phi) is 6.67. The summed E-state index contributed by atoms with van der Waals surface area (Å²) in [6, 6.07) is 6.81. The summed E-state index contributed by atoms with van der Waals surface area (Å²) in [5.41, 5.74) is 1.49. The van der Waals surface area contributed by atoms with E-state index in [0.29, 0.717) is 61.7 Å². The summed E-state index contributed by atoms with van der Waals surface area (Å²) in [6.07, 6.45) is 3.06. The summed E-state index contributed by atoms with van der Waals surface area (Å²) in [5, 5.41) is 2.91. The van der Waals surface area contributed by atoms with Gasteiger partial charge >= 0.3 is 0 Å². The Hall–Kier alpha value is -3.75. The monoisotopic (exact) mass is 453 g/mol. The molecule has 0 spiro atoms. The van der Waals surface area contributed by atoms with Gasteiger partial charge in [0, 0.05) is 50.8 Å². The van der Waals surface area contributed by atoms with Crippen molar-refractivity contribution < 1.29 is 23.8 Å². The first-order valence-corrected chi connectivity index (χ1v) is 10.9. The number of amides is 2. The van der Waals surface area contributed by atoms with Crippen LogP contribution in [-0.4, -0.2) is 48.3 Å². The van der Waals surface area contributed by atoms with Gasteiger partial charge in [-0.05, 0) is 24.1 Å². The SMILES string of the molecule is C=CCCC(=O)N1CCc2c(C(=O)NCc3ccc4c(c3)OCO4)c(OC)cc(=O)n2CC1. The molecule has 0 bridgehead atoms. The average molecular weight is 453 g/mol. The zero-order valence-corrected chi connectivity index (χ0v) is 18.6. The maximum atomic E-state index is 13.2. The highest BCUT2D eigenvalue weighted by molar-refractivity contribution is 5.98. The van der Waals surface area contributed by atoms with Crippen molar-refractivity contribution in [1.82, 2.24) is 14.8 Å². The van der Waals surface area contributed by atoms with Gasteiger partial charge in [0.25, 0.3) is 11.5 Å². The zero-order chi connectivity index (χ0) is 23.4. The number of ether oxygens (including phenoxy) is 3. The van der Waals surface area contributed by atoms with Gasteiger partial charge in [-0.3, -0.25) is 14.4 Å². The minimum Gasteiger partial charge on any atom is -0.496 e. The highest BCUT2D eigenvalue weighted by atomic mass is 16.7. The second-order valence-corrected chi connectivity index (χ2v) is 7.85. The molecule has 9 nitrogen and oxygen atoms in total. The molecular formula is C24H27N3O6. The van der Waals surface area contributed by atoms with Gasteiger partial charge in [0.2, 0.25) is 12.7 Å². The molecule has 0 saturated carbocycles. The Morgan fingerprint density at radius 1 is 1.18 bits per heavy atom. The lowest BCUT2D eigenvalue weighted by molar-refractivity contribution is -0.131. The molecule has 2 amide bonds. The molecule has 0 fully saturated rings. The summed E-state index contributed by atoms with van der Waals surface area (Å²) in [6.45, 7) is 5.26. The largest absolute Gasteiger partial charge is 0.496 e. The maximum absolute atomic E-state index is 13.2. The number of aromatic nitrogens is 1. The van der Waals surface area contributed by atoms with Gasteiger partial charge in [-0.2, -0.15) is 0 Å². The van der Waals surface area contributed by atoms with Gasteiger partial charge < -0.3 is 29.0 Å². The van der Waals surface area contributed by atoms with Crippen molar-refractivity contribution in [1.29, 1.82) is 0 Å². The van der Waals surface area contributed by atoms with Crippen molar-refractivity contribution in [2.75, 3.05) is 27.0 Å². The van der Waals surface area contributed by atoms with E-state index in [9.17, 15) is 14.4 Å². The van der Waals surface area contributed by atoms with Gasteiger partial charge in [0.05, 0.1) is 7.11 Å². The molecule has 0 atom stereocenters. The van der Waals surface area contributed by atoms with Crippen LogP contribution in [0.15, 0.2) is 41.7 Å². The van der Waals surface area contributed by atoms with E-state index in [4.69, 9.17) is 14.2 Å². The van der Waals surface area contributed by atoms with E-state index < -0.39 is 0 Å². The molecule has 1 aromatic heterocycles. The minimum atomic E-state index is -0.347. The lowest BCUT2D eigenvalue weighted by Crippen LogP contribution is -2.34. The van der Waals surface area contributed by atoms with E-state index in [1.807, 2.05) is 12.1 Å². The minimum absolute atomic E-state index is 0.0107. The quantitative estimate of drug-likeness (QED) is 0.643. The molecule has 33 heavy (non-hydrogen) atoms. The number of carbonyl (C=O) groups excluding carboxylic acids is 2. The third kappa shape index (κ3) is 4.72. The summed E-state index contributed by atoms with van der Waals surface area (Å²) >= 11 is 0. The second kappa shape index (κ2) is 9.81. The third-order valence-corrected chi connectivity index (χ3v) is 5.85. The van der Waals surface area contributed by atoms with Crippen LogP contribution >= 0.6 is 0 Å². The van der Waals surface area contributed by atoms with Crippen LogP contribution in [0.2, 0.25) is 0 Å². The topological polar surface area (TPSA) is 99.1 Å². The molecule has 0 radical (unpaired) electrons. The van der Waals surface area contributed by atoms with E-state index in [-0.39, 0.29) is 36.5 Å². The molecule has 174 valence electrons. The fourth-order valence-electron chi connectivity index (χ4n) is 4.11. The number of benzene rings is 1. The highest BCUT2D eigenvalue weighted by Crippen LogP contribution is 2.32. The van der Waals surface area contributed by atoms with Crippen molar-refractivity contribution in [3.63, 3.8) is 0 Å². The van der Waals surface area contributed by atoms with Gasteiger partial charge in [-0.15, -0.1) is 6.58 Å². The van der Waals surface area contributed by atoms with Crippen LogP contribution in [0, 0.1) is 0 Å². The molecule has 0 aliphatic carbocycles. The van der Waals surface area contributed by atoms with Crippen molar-refractivity contribution in [3.05, 3.63) is 64.1 Å². The van der Waals surface area contributed by atoms with Crippen LogP contribution in [0.5, 0.6) is 17.2 Å². The first-order chi connectivity index (χ1) is 16.0. The van der Waals surface area contributed by atoms with Gasteiger partial charge in [-0.25, -0.2) is 0 Å². The predicted octanol–water partition coefficient (Wildman–Crippen LogP) is 1.87. The molecular weight excluding hydrogens is 426 g/mol. The number of pyridine rings is 1. The van der Waals surface area contributed by atoms with Crippen molar-refractivity contribution in [2.24, 2.45) is 0 Å². The molecule has 2 aliphatic rings.